The van der Waals surface area contributed by atoms with Crippen LogP contribution >= 0.6 is 11.6 Å². The van der Waals surface area contributed by atoms with E-state index < -0.39 is 17.9 Å². The predicted octanol–water partition coefficient (Wildman–Crippen LogP) is 5.17. The molecule has 5 rings (SSSR count). The summed E-state index contributed by atoms with van der Waals surface area (Å²) in [6, 6.07) is 21.5. The van der Waals surface area contributed by atoms with E-state index in [2.05, 4.69) is 10.3 Å². The summed E-state index contributed by atoms with van der Waals surface area (Å²) in [7, 11) is 1.30. The van der Waals surface area contributed by atoms with Crippen LogP contribution in [-0.4, -0.2) is 39.8 Å². The molecule has 0 fully saturated rings. The van der Waals surface area contributed by atoms with Crippen LogP contribution in [0.15, 0.2) is 91.3 Å². The number of hydrogen-bond acceptors (Lipinski definition) is 5. The van der Waals surface area contributed by atoms with E-state index >= 15 is 0 Å². The molecule has 5 aromatic rings. The number of nitrogens with two attached hydrogens (primary N) is 1. The maximum absolute atomic E-state index is 13.0. The normalized spacial score (nSPS) is 12.1. The number of aromatic nitrogens is 3. The first-order valence-electron chi connectivity index (χ1n) is 12.2. The van der Waals surface area contributed by atoms with Crippen LogP contribution in [0.25, 0.3) is 33.9 Å². The Bertz CT molecular complexity index is 1670. The molecule has 3 aromatic carbocycles. The Morgan fingerprint density at radius 1 is 1.13 bits per heavy atom. The van der Waals surface area contributed by atoms with Crippen molar-refractivity contribution in [1.82, 2.24) is 20.1 Å². The van der Waals surface area contributed by atoms with Crippen LogP contribution in [0.5, 0.6) is 0 Å². The molecule has 0 bridgehead atoms. The van der Waals surface area contributed by atoms with E-state index in [9.17, 15) is 9.59 Å². The summed E-state index contributed by atoms with van der Waals surface area (Å²) in [4.78, 5) is 28.7. The van der Waals surface area contributed by atoms with E-state index in [1.807, 2.05) is 60.9 Å². The van der Waals surface area contributed by atoms with Gasteiger partial charge in [-0.1, -0.05) is 48.0 Å². The predicted molar refractivity (Wildman–Crippen MR) is 153 cm³/mol. The van der Waals surface area contributed by atoms with Gasteiger partial charge in [-0.15, -0.1) is 0 Å². The van der Waals surface area contributed by atoms with Crippen molar-refractivity contribution >= 4 is 46.1 Å². The van der Waals surface area contributed by atoms with Crippen LogP contribution in [0.1, 0.15) is 11.1 Å². The molecule has 9 heteroatoms. The van der Waals surface area contributed by atoms with E-state index in [1.54, 1.807) is 35.0 Å². The molecule has 0 saturated heterocycles. The van der Waals surface area contributed by atoms with Crippen molar-refractivity contribution in [2.24, 2.45) is 0 Å². The highest BCUT2D eigenvalue weighted by atomic mass is 35.5. The summed E-state index contributed by atoms with van der Waals surface area (Å²) in [5.41, 5.74) is 11.3. The molecule has 2 aromatic heterocycles. The number of para-hydroxylation sites is 1. The summed E-state index contributed by atoms with van der Waals surface area (Å²) in [6.07, 6.45) is 6.97. The Morgan fingerprint density at radius 2 is 1.92 bits per heavy atom. The Morgan fingerprint density at radius 3 is 2.69 bits per heavy atom. The maximum atomic E-state index is 13.0. The number of fused-ring (bicyclic) bond motifs is 1. The standard InChI is InChI=1S/C30H26ClN5O3/c1-39-30(38)27(15-21-17-33-26-8-3-2-7-25(21)26)34-28(37)14-11-20-18-36(24-6-4-5-22(31)16-24)35-29(20)19-9-12-23(32)13-10-19/h2-14,16-18,27,33H,15,32H2,1H3,(H,34,37)/b14-11+. The Hall–Kier alpha value is -4.82. The third-order valence-corrected chi connectivity index (χ3v) is 6.55. The SMILES string of the molecule is COC(=O)C(Cc1c[nH]c2ccccc12)NC(=O)/C=C/c1cn(-c2cccc(Cl)c2)nc1-c1ccc(N)cc1. The molecular formula is C30H26ClN5O3. The molecule has 0 aliphatic carbocycles. The summed E-state index contributed by atoms with van der Waals surface area (Å²) in [6.45, 7) is 0. The minimum atomic E-state index is -0.864. The van der Waals surface area contributed by atoms with Gasteiger partial charge in [0.25, 0.3) is 0 Å². The number of rotatable bonds is 8. The molecule has 1 atom stereocenters. The number of nitrogens with one attached hydrogen (secondary N) is 2. The molecule has 0 aliphatic heterocycles. The number of anilines is 1. The fourth-order valence-corrected chi connectivity index (χ4v) is 4.55. The number of carbonyl (C=O) groups is 2. The van der Waals surface area contributed by atoms with E-state index in [4.69, 9.17) is 27.2 Å². The van der Waals surface area contributed by atoms with E-state index in [0.717, 1.165) is 27.7 Å². The summed E-state index contributed by atoms with van der Waals surface area (Å²) < 4.78 is 6.66. The average Bonchev–Trinajstić information content (AvgIpc) is 3.56. The lowest BCUT2D eigenvalue weighted by molar-refractivity contribution is -0.144. The minimum absolute atomic E-state index is 0.277. The van der Waals surface area contributed by atoms with Crippen LogP contribution in [0.3, 0.4) is 0 Å². The van der Waals surface area contributed by atoms with Gasteiger partial charge in [-0.3, -0.25) is 4.79 Å². The highest BCUT2D eigenvalue weighted by Gasteiger charge is 2.23. The third-order valence-electron chi connectivity index (χ3n) is 6.31. The number of nitrogen functional groups attached to an aromatic ring is 1. The Kier molecular flexibility index (Phi) is 7.47. The maximum Gasteiger partial charge on any atom is 0.328 e. The number of halogens is 1. The molecule has 1 unspecified atom stereocenters. The van der Waals surface area contributed by atoms with Crippen molar-refractivity contribution in [3.63, 3.8) is 0 Å². The lowest BCUT2D eigenvalue weighted by Crippen LogP contribution is -2.42. The molecule has 0 radical (unpaired) electrons. The molecule has 4 N–H and O–H groups in total. The van der Waals surface area contributed by atoms with Crippen LogP contribution in [0.2, 0.25) is 5.02 Å². The zero-order valence-corrected chi connectivity index (χ0v) is 21.9. The topological polar surface area (TPSA) is 115 Å². The first-order chi connectivity index (χ1) is 18.9. The number of benzene rings is 3. The highest BCUT2D eigenvalue weighted by Crippen LogP contribution is 2.26. The van der Waals surface area contributed by atoms with Crippen LogP contribution in [-0.2, 0) is 20.7 Å². The molecule has 0 aliphatic rings. The van der Waals surface area contributed by atoms with Gasteiger partial charge >= 0.3 is 5.97 Å². The monoisotopic (exact) mass is 539 g/mol. The fourth-order valence-electron chi connectivity index (χ4n) is 4.37. The molecular weight excluding hydrogens is 514 g/mol. The minimum Gasteiger partial charge on any atom is -0.467 e. The number of carbonyl (C=O) groups excluding carboxylic acids is 2. The molecule has 8 nitrogen and oxygen atoms in total. The van der Waals surface area contributed by atoms with Gasteiger partial charge in [-0.2, -0.15) is 5.10 Å². The van der Waals surface area contributed by atoms with Crippen molar-refractivity contribution in [2.75, 3.05) is 12.8 Å². The van der Waals surface area contributed by atoms with Gasteiger partial charge in [0, 0.05) is 57.6 Å². The first kappa shape index (κ1) is 25.8. The van der Waals surface area contributed by atoms with E-state index in [-0.39, 0.29) is 6.42 Å². The fraction of sp³-hybridized carbons (Fsp3) is 0.100. The molecule has 196 valence electrons. The molecule has 39 heavy (non-hydrogen) atoms. The Balaban J connectivity index is 1.41. The third kappa shape index (κ3) is 5.86. The largest absolute Gasteiger partial charge is 0.467 e. The number of amides is 1. The number of methoxy groups -OCH3 is 1. The van der Waals surface area contributed by atoms with Gasteiger partial charge in [0.05, 0.1) is 18.5 Å². The quantitative estimate of drug-likeness (QED) is 0.143. The first-order valence-corrected chi connectivity index (χ1v) is 12.6. The number of hydrogen-bond donors (Lipinski definition) is 3. The van der Waals surface area contributed by atoms with Crippen LogP contribution in [0.4, 0.5) is 5.69 Å². The van der Waals surface area contributed by atoms with Gasteiger partial charge < -0.3 is 20.8 Å². The highest BCUT2D eigenvalue weighted by molar-refractivity contribution is 6.30. The number of esters is 1. The second kappa shape index (κ2) is 11.3. The van der Waals surface area contributed by atoms with Crippen molar-refractivity contribution in [3.8, 4) is 16.9 Å². The molecule has 2 heterocycles. The van der Waals surface area contributed by atoms with Gasteiger partial charge in [-0.25, -0.2) is 9.48 Å². The van der Waals surface area contributed by atoms with Gasteiger partial charge in [0.2, 0.25) is 5.91 Å². The van der Waals surface area contributed by atoms with Crippen molar-refractivity contribution in [2.45, 2.75) is 12.5 Å². The number of ether oxygens (including phenoxy) is 1. The summed E-state index contributed by atoms with van der Waals surface area (Å²) >= 11 is 6.19. The smallest absolute Gasteiger partial charge is 0.328 e. The molecule has 0 saturated carbocycles. The molecule has 0 spiro atoms. The lowest BCUT2D eigenvalue weighted by Gasteiger charge is -2.15. The van der Waals surface area contributed by atoms with Crippen LogP contribution in [0, 0.1) is 0 Å². The molecule has 1 amide bonds. The van der Waals surface area contributed by atoms with Crippen molar-refractivity contribution in [3.05, 3.63) is 107 Å². The number of aromatic amines is 1. The second-order valence-electron chi connectivity index (χ2n) is 8.96. The van der Waals surface area contributed by atoms with Crippen molar-refractivity contribution < 1.29 is 14.3 Å². The number of H-pyrrole nitrogens is 1. The van der Waals surface area contributed by atoms with Gasteiger partial charge in [0.15, 0.2) is 0 Å². The van der Waals surface area contributed by atoms with Crippen LogP contribution < -0.4 is 11.1 Å². The number of nitrogens with zero attached hydrogens (tertiary/aromatic N) is 2. The van der Waals surface area contributed by atoms with Gasteiger partial charge in [0.1, 0.15) is 6.04 Å². The second-order valence-corrected chi connectivity index (χ2v) is 9.40. The van der Waals surface area contributed by atoms with E-state index in [0.29, 0.717) is 22.0 Å². The summed E-state index contributed by atoms with van der Waals surface area (Å²) in [5.74, 6) is -0.970. The van der Waals surface area contributed by atoms with E-state index in [1.165, 1.54) is 13.2 Å². The zero-order chi connectivity index (χ0) is 27.4. The van der Waals surface area contributed by atoms with Gasteiger partial charge in [-0.05, 0) is 48.0 Å². The lowest BCUT2D eigenvalue weighted by atomic mass is 10.0. The zero-order valence-electron chi connectivity index (χ0n) is 21.1. The Labute approximate surface area is 230 Å². The summed E-state index contributed by atoms with van der Waals surface area (Å²) in [5, 5.41) is 9.08. The van der Waals surface area contributed by atoms with Crippen molar-refractivity contribution in [1.29, 1.82) is 0 Å². The average molecular weight is 540 g/mol.